The van der Waals surface area contributed by atoms with E-state index < -0.39 is 0 Å². The van der Waals surface area contributed by atoms with Crippen molar-refractivity contribution in [2.75, 3.05) is 18.5 Å². The Bertz CT molecular complexity index is 1280. The molecule has 0 aliphatic carbocycles. The number of para-hydroxylation sites is 2. The lowest BCUT2D eigenvalue weighted by atomic mass is 10.0. The molecule has 5 nitrogen and oxygen atoms in total. The molecule has 0 bridgehead atoms. The van der Waals surface area contributed by atoms with Gasteiger partial charge in [-0.2, -0.15) is 0 Å². The lowest BCUT2D eigenvalue weighted by Gasteiger charge is -2.29. The Morgan fingerprint density at radius 2 is 1.90 bits per heavy atom. The molecule has 0 atom stereocenters. The van der Waals surface area contributed by atoms with Crippen molar-refractivity contribution in [2.24, 2.45) is 4.99 Å². The van der Waals surface area contributed by atoms with E-state index in [1.165, 1.54) is 22.2 Å². The molecule has 0 fully saturated rings. The summed E-state index contributed by atoms with van der Waals surface area (Å²) < 4.78 is 0. The van der Waals surface area contributed by atoms with Crippen LogP contribution in [0.15, 0.2) is 59.6 Å². The van der Waals surface area contributed by atoms with Crippen molar-refractivity contribution < 1.29 is 0 Å². The van der Waals surface area contributed by atoms with E-state index in [0.717, 1.165) is 54.0 Å². The number of anilines is 1. The Hall–Kier alpha value is -3.47. The summed E-state index contributed by atoms with van der Waals surface area (Å²) in [5.74, 6) is 1.73. The third-order valence-corrected chi connectivity index (χ3v) is 5.72. The Balaban J connectivity index is 1.62. The number of aliphatic imine (C=N–C) groups is 1. The van der Waals surface area contributed by atoms with Crippen LogP contribution in [-0.4, -0.2) is 34.8 Å². The molecule has 2 aromatic heterocycles. The number of fused-ring (bicyclic) bond motifs is 4. The van der Waals surface area contributed by atoms with Crippen LogP contribution in [0.25, 0.3) is 27.4 Å². The van der Waals surface area contributed by atoms with Crippen molar-refractivity contribution in [1.29, 1.82) is 0 Å². The average Bonchev–Trinajstić information content (AvgIpc) is 3.16. The van der Waals surface area contributed by atoms with Crippen LogP contribution in [0.1, 0.15) is 30.4 Å². The molecule has 30 heavy (non-hydrogen) atoms. The largest absolute Gasteiger partial charge is 0.357 e. The van der Waals surface area contributed by atoms with Gasteiger partial charge < -0.3 is 9.88 Å². The minimum absolute atomic E-state index is 0.735. The first-order valence-corrected chi connectivity index (χ1v) is 10.5. The van der Waals surface area contributed by atoms with Crippen LogP contribution in [0.2, 0.25) is 0 Å². The fraction of sp³-hybridized carbons (Fsp3) is 0.240. The van der Waals surface area contributed by atoms with Crippen molar-refractivity contribution in [1.82, 2.24) is 15.0 Å². The number of H-pyrrole nitrogens is 1. The molecule has 1 aliphatic heterocycles. The standard InChI is InChI=1S/C25H25N5/c1-3-8-17(15-26-2)24-28-22-12-7-5-10-20(22)25(29-24)30-14-13-19-18-9-4-6-11-21(18)27-23(19)16-30/h4-12,15,27H,3,13-14,16H2,1-2H3/b17-8+,26-15?. The normalized spacial score (nSPS) is 14.7. The van der Waals surface area contributed by atoms with Crippen LogP contribution in [-0.2, 0) is 13.0 Å². The van der Waals surface area contributed by atoms with E-state index in [9.17, 15) is 0 Å². The predicted molar refractivity (Wildman–Crippen MR) is 125 cm³/mol. The van der Waals surface area contributed by atoms with E-state index in [2.05, 4.69) is 70.3 Å². The zero-order chi connectivity index (χ0) is 20.5. The predicted octanol–water partition coefficient (Wildman–Crippen LogP) is 5.17. The van der Waals surface area contributed by atoms with Crippen molar-refractivity contribution in [3.63, 3.8) is 0 Å². The minimum Gasteiger partial charge on any atom is -0.357 e. The lowest BCUT2D eigenvalue weighted by molar-refractivity contribution is 0.715. The van der Waals surface area contributed by atoms with E-state index in [1.807, 2.05) is 12.3 Å². The number of hydrogen-bond acceptors (Lipinski definition) is 4. The zero-order valence-corrected chi connectivity index (χ0v) is 17.4. The second kappa shape index (κ2) is 7.75. The van der Waals surface area contributed by atoms with Gasteiger partial charge in [-0.25, -0.2) is 9.97 Å². The summed E-state index contributed by atoms with van der Waals surface area (Å²) in [6.07, 6.45) is 5.90. The molecule has 2 aromatic carbocycles. The summed E-state index contributed by atoms with van der Waals surface area (Å²) in [6.45, 7) is 3.87. The first-order chi connectivity index (χ1) is 14.8. The Morgan fingerprint density at radius 3 is 2.73 bits per heavy atom. The van der Waals surface area contributed by atoms with Gasteiger partial charge in [0, 0.05) is 47.4 Å². The number of rotatable bonds is 4. The fourth-order valence-electron chi connectivity index (χ4n) is 4.36. The molecule has 1 N–H and O–H groups in total. The highest BCUT2D eigenvalue weighted by Crippen LogP contribution is 2.32. The van der Waals surface area contributed by atoms with E-state index >= 15 is 0 Å². The SMILES string of the molecule is CC/C=C(\C=NC)c1nc(N2CCc3c([nH]c4ccccc34)C2)c2ccccc2n1. The Morgan fingerprint density at radius 1 is 1.10 bits per heavy atom. The number of benzene rings is 2. The van der Waals surface area contributed by atoms with Crippen molar-refractivity contribution in [2.45, 2.75) is 26.3 Å². The molecule has 5 heteroatoms. The number of nitrogens with one attached hydrogen (secondary N) is 1. The summed E-state index contributed by atoms with van der Waals surface area (Å²) in [6, 6.07) is 16.8. The molecular formula is C25H25N5. The van der Waals surface area contributed by atoms with Crippen LogP contribution in [0.4, 0.5) is 5.82 Å². The van der Waals surface area contributed by atoms with Gasteiger partial charge in [0.1, 0.15) is 5.82 Å². The van der Waals surface area contributed by atoms with Crippen LogP contribution < -0.4 is 4.90 Å². The molecule has 3 heterocycles. The zero-order valence-electron chi connectivity index (χ0n) is 17.4. The molecule has 4 aromatic rings. The van der Waals surface area contributed by atoms with E-state index in [-0.39, 0.29) is 0 Å². The maximum atomic E-state index is 5.03. The van der Waals surface area contributed by atoms with E-state index in [0.29, 0.717) is 0 Å². The molecule has 0 saturated carbocycles. The number of allylic oxidation sites excluding steroid dienone is 2. The topological polar surface area (TPSA) is 57.2 Å². The fourth-order valence-corrected chi connectivity index (χ4v) is 4.36. The van der Waals surface area contributed by atoms with E-state index in [1.54, 1.807) is 7.05 Å². The summed E-state index contributed by atoms with van der Waals surface area (Å²) in [5.41, 5.74) is 5.86. The van der Waals surface area contributed by atoms with Gasteiger partial charge in [0.2, 0.25) is 0 Å². The molecule has 1 aliphatic rings. The summed E-state index contributed by atoms with van der Waals surface area (Å²) in [7, 11) is 1.79. The lowest BCUT2D eigenvalue weighted by Crippen LogP contribution is -2.31. The Labute approximate surface area is 176 Å². The van der Waals surface area contributed by atoms with Gasteiger partial charge >= 0.3 is 0 Å². The molecule has 0 saturated heterocycles. The van der Waals surface area contributed by atoms with Crippen molar-refractivity contribution >= 4 is 39.4 Å². The maximum Gasteiger partial charge on any atom is 0.163 e. The van der Waals surface area contributed by atoms with Gasteiger partial charge in [-0.15, -0.1) is 0 Å². The number of hydrogen-bond donors (Lipinski definition) is 1. The van der Waals surface area contributed by atoms with Crippen LogP contribution >= 0.6 is 0 Å². The van der Waals surface area contributed by atoms with Crippen molar-refractivity contribution in [3.05, 3.63) is 71.7 Å². The Kier molecular flexibility index (Phi) is 4.79. The first kappa shape index (κ1) is 18.6. The molecular weight excluding hydrogens is 370 g/mol. The molecule has 150 valence electrons. The molecule has 0 spiro atoms. The van der Waals surface area contributed by atoms with Crippen LogP contribution in [0.3, 0.4) is 0 Å². The second-order valence-corrected chi connectivity index (χ2v) is 7.64. The maximum absolute atomic E-state index is 5.03. The highest BCUT2D eigenvalue weighted by Gasteiger charge is 2.23. The van der Waals surface area contributed by atoms with Crippen LogP contribution in [0.5, 0.6) is 0 Å². The van der Waals surface area contributed by atoms with Gasteiger partial charge in [0.05, 0.1) is 12.1 Å². The average molecular weight is 396 g/mol. The molecule has 0 unspecified atom stereocenters. The summed E-state index contributed by atoms with van der Waals surface area (Å²) in [4.78, 5) is 20.1. The third kappa shape index (κ3) is 3.16. The molecule has 0 radical (unpaired) electrons. The summed E-state index contributed by atoms with van der Waals surface area (Å²) in [5, 5.41) is 2.43. The monoisotopic (exact) mass is 395 g/mol. The molecule has 0 amide bonds. The quantitative estimate of drug-likeness (QED) is 0.485. The number of aromatic nitrogens is 3. The summed E-state index contributed by atoms with van der Waals surface area (Å²) >= 11 is 0. The minimum atomic E-state index is 0.735. The number of nitrogens with zero attached hydrogens (tertiary/aromatic N) is 4. The highest BCUT2D eigenvalue weighted by molar-refractivity contribution is 6.09. The smallest absolute Gasteiger partial charge is 0.163 e. The van der Waals surface area contributed by atoms with Crippen molar-refractivity contribution in [3.8, 4) is 0 Å². The second-order valence-electron chi connectivity index (χ2n) is 7.64. The van der Waals surface area contributed by atoms with Gasteiger partial charge in [-0.05, 0) is 36.6 Å². The van der Waals surface area contributed by atoms with Gasteiger partial charge in [-0.3, -0.25) is 4.99 Å². The van der Waals surface area contributed by atoms with Gasteiger partial charge in [-0.1, -0.05) is 43.3 Å². The van der Waals surface area contributed by atoms with Gasteiger partial charge in [0.15, 0.2) is 5.82 Å². The first-order valence-electron chi connectivity index (χ1n) is 10.5. The van der Waals surface area contributed by atoms with Gasteiger partial charge in [0.25, 0.3) is 0 Å². The van der Waals surface area contributed by atoms with E-state index in [4.69, 9.17) is 9.97 Å². The number of aromatic amines is 1. The highest BCUT2D eigenvalue weighted by atomic mass is 15.2. The molecule has 5 rings (SSSR count). The van der Waals surface area contributed by atoms with Crippen LogP contribution in [0, 0.1) is 0 Å². The third-order valence-electron chi connectivity index (χ3n) is 5.72.